The summed E-state index contributed by atoms with van der Waals surface area (Å²) in [5, 5.41) is 21.8. The first-order valence-electron chi connectivity index (χ1n) is 12.0. The summed E-state index contributed by atoms with van der Waals surface area (Å²) in [6.45, 7) is 3.43. The molecule has 2 aromatic rings. The van der Waals surface area contributed by atoms with Gasteiger partial charge in [0.25, 0.3) is 10.1 Å². The minimum absolute atomic E-state index is 0.0256. The number of rotatable bonds is 11. The zero-order valence-corrected chi connectivity index (χ0v) is 21.8. The van der Waals surface area contributed by atoms with Crippen LogP contribution in [0.1, 0.15) is 49.8 Å². The number of halogens is 2. The fraction of sp³-hybridized carbons (Fsp3) is 0.542. The molecule has 0 saturated carbocycles. The summed E-state index contributed by atoms with van der Waals surface area (Å²) in [7, 11) is -4.02. The molecule has 1 saturated heterocycles. The number of carbonyl (C=O) groups is 1. The third-order valence-corrected chi connectivity index (χ3v) is 6.85. The maximum atomic E-state index is 14.4. The van der Waals surface area contributed by atoms with Crippen molar-refractivity contribution in [1.29, 1.82) is 0 Å². The molecule has 0 bridgehead atoms. The summed E-state index contributed by atoms with van der Waals surface area (Å²) in [5.74, 6) is -3.52. The van der Waals surface area contributed by atoms with E-state index in [0.29, 0.717) is 19.4 Å². The number of aliphatic hydroxyl groups excluding tert-OH is 2. The van der Waals surface area contributed by atoms with Gasteiger partial charge in [-0.1, -0.05) is 31.0 Å². The molecule has 0 aliphatic carbocycles. The molecule has 5 N–H and O–H groups in total. The molecule has 1 aliphatic heterocycles. The number of nitrogens with one attached hydrogen (secondary N) is 2. The van der Waals surface area contributed by atoms with E-state index in [9.17, 15) is 31.9 Å². The first-order valence-corrected chi connectivity index (χ1v) is 13.4. The molecule has 0 amide bonds. The molecule has 0 radical (unpaired) electrons. The number of hydrogen-bond acceptors (Lipinski definition) is 9. The second kappa shape index (κ2) is 13.8. The molecule has 1 aromatic carbocycles. The second-order valence-electron chi connectivity index (χ2n) is 8.94. The fourth-order valence-electron chi connectivity index (χ4n) is 3.93. The highest BCUT2D eigenvalue weighted by atomic mass is 32.2. The summed E-state index contributed by atoms with van der Waals surface area (Å²) in [6.07, 6.45) is -0.935. The summed E-state index contributed by atoms with van der Waals surface area (Å²) in [6, 6.07) is 5.99. The van der Waals surface area contributed by atoms with Crippen LogP contribution in [0.5, 0.6) is 0 Å². The molecular weight excluding hydrogens is 528 g/mol. The zero-order valence-electron chi connectivity index (χ0n) is 21.0. The number of H-pyrrole nitrogens is 1. The van der Waals surface area contributed by atoms with Gasteiger partial charge in [-0.3, -0.25) is 9.54 Å². The van der Waals surface area contributed by atoms with Gasteiger partial charge in [-0.15, -0.1) is 0 Å². The van der Waals surface area contributed by atoms with Crippen LogP contribution in [-0.4, -0.2) is 70.7 Å². The van der Waals surface area contributed by atoms with Crippen molar-refractivity contribution in [2.75, 3.05) is 18.5 Å². The number of benzene rings is 1. The topological polar surface area (TPSA) is 179 Å². The van der Waals surface area contributed by atoms with E-state index in [1.807, 2.05) is 13.8 Å². The van der Waals surface area contributed by atoms with Crippen LogP contribution in [0.3, 0.4) is 0 Å². The molecule has 1 unspecified atom stereocenters. The van der Waals surface area contributed by atoms with Crippen molar-refractivity contribution in [1.82, 2.24) is 9.97 Å². The Morgan fingerprint density at radius 2 is 1.92 bits per heavy atom. The van der Waals surface area contributed by atoms with Gasteiger partial charge in [0.2, 0.25) is 0 Å². The largest absolute Gasteiger partial charge is 0.394 e. The molecule has 1 aliphatic rings. The molecule has 2 heterocycles. The standard InChI is InChI=1S/C17H25F2N3O5.C7H8O3S/c1-2-4-10(5-3-6-23)7-20-15-11(8-21-16(26)22-15)14-17(18,19)13(25)12(9-24)27-14;1-6-2-4-7(5-3-6)11(8,9)10/h6,8,10,12-14,24-25H,2-5,7,9H2,1H3,(H2,20,21,22,26);2-5H,1H3,(H,8,9,10)/t10?,12-,13-,14+;/m1./s1. The van der Waals surface area contributed by atoms with Gasteiger partial charge >= 0.3 is 11.6 Å². The van der Waals surface area contributed by atoms with Gasteiger partial charge in [0.05, 0.1) is 11.5 Å². The maximum absolute atomic E-state index is 14.4. The zero-order chi connectivity index (χ0) is 28.5. The van der Waals surface area contributed by atoms with Gasteiger partial charge in [-0.25, -0.2) is 18.6 Å². The molecule has 4 atom stereocenters. The van der Waals surface area contributed by atoms with E-state index in [1.54, 1.807) is 12.1 Å². The number of carbonyl (C=O) groups excluding carboxylic acids is 1. The van der Waals surface area contributed by atoms with Gasteiger partial charge in [-0.05, 0) is 37.8 Å². The normalized spacial score (nSPS) is 21.3. The molecule has 0 spiro atoms. The number of nitrogens with zero attached hydrogens (tertiary/aromatic N) is 1. The lowest BCUT2D eigenvalue weighted by atomic mass is 9.97. The third kappa shape index (κ3) is 8.36. The molecule has 212 valence electrons. The van der Waals surface area contributed by atoms with Gasteiger partial charge in [0.15, 0.2) is 6.10 Å². The van der Waals surface area contributed by atoms with Crippen molar-refractivity contribution in [3.63, 3.8) is 0 Å². The molecule has 11 nitrogen and oxygen atoms in total. The Morgan fingerprint density at radius 1 is 1.26 bits per heavy atom. The van der Waals surface area contributed by atoms with Crippen LogP contribution < -0.4 is 11.0 Å². The first kappa shape index (κ1) is 31.4. The predicted molar refractivity (Wildman–Crippen MR) is 134 cm³/mol. The van der Waals surface area contributed by atoms with Crippen molar-refractivity contribution in [2.45, 2.75) is 68.7 Å². The van der Waals surface area contributed by atoms with E-state index >= 15 is 0 Å². The van der Waals surface area contributed by atoms with Crippen molar-refractivity contribution in [2.24, 2.45) is 5.92 Å². The van der Waals surface area contributed by atoms with E-state index in [0.717, 1.165) is 30.9 Å². The molecule has 14 heteroatoms. The Kier molecular flexibility index (Phi) is 11.5. The maximum Gasteiger partial charge on any atom is 0.346 e. The Labute approximate surface area is 219 Å². The number of anilines is 1. The lowest BCUT2D eigenvalue weighted by Crippen LogP contribution is -2.38. The fourth-order valence-corrected chi connectivity index (χ4v) is 4.41. The number of hydrogen-bond donors (Lipinski definition) is 5. The van der Waals surface area contributed by atoms with E-state index in [4.69, 9.17) is 14.4 Å². The smallest absolute Gasteiger partial charge is 0.346 e. The number of ether oxygens (including phenoxy) is 1. The molecule has 3 rings (SSSR count). The number of aryl methyl sites for hydroxylation is 1. The Hall–Kier alpha value is -2.78. The summed E-state index contributed by atoms with van der Waals surface area (Å²) >= 11 is 0. The number of alkyl halides is 2. The van der Waals surface area contributed by atoms with Gasteiger partial charge in [0.1, 0.15) is 24.3 Å². The Bertz CT molecular complexity index is 1210. The molecule has 38 heavy (non-hydrogen) atoms. The van der Waals surface area contributed by atoms with Crippen LogP contribution in [0.4, 0.5) is 14.6 Å². The van der Waals surface area contributed by atoms with Crippen LogP contribution >= 0.6 is 0 Å². The predicted octanol–water partition coefficient (Wildman–Crippen LogP) is 2.25. The number of aromatic nitrogens is 2. The average molecular weight is 562 g/mol. The Balaban J connectivity index is 0.000000384. The minimum Gasteiger partial charge on any atom is -0.394 e. The summed E-state index contributed by atoms with van der Waals surface area (Å²) < 4.78 is 63.5. The van der Waals surface area contributed by atoms with Crippen LogP contribution in [0, 0.1) is 12.8 Å². The van der Waals surface area contributed by atoms with Crippen LogP contribution in [0.2, 0.25) is 0 Å². The second-order valence-corrected chi connectivity index (χ2v) is 10.4. The average Bonchev–Trinajstić information content (AvgIpc) is 3.09. The van der Waals surface area contributed by atoms with E-state index < -0.39 is 46.6 Å². The lowest BCUT2D eigenvalue weighted by molar-refractivity contribution is -0.113. The van der Waals surface area contributed by atoms with E-state index in [1.165, 1.54) is 12.1 Å². The molecule has 1 aromatic heterocycles. The minimum atomic E-state index is -4.02. The van der Waals surface area contributed by atoms with Gasteiger partial charge < -0.3 is 25.1 Å². The van der Waals surface area contributed by atoms with Gasteiger partial charge in [0, 0.05) is 24.7 Å². The van der Waals surface area contributed by atoms with Crippen LogP contribution in [0.15, 0.2) is 40.2 Å². The third-order valence-electron chi connectivity index (χ3n) is 5.99. The monoisotopic (exact) mass is 561 g/mol. The highest BCUT2D eigenvalue weighted by Crippen LogP contribution is 2.46. The van der Waals surface area contributed by atoms with Gasteiger partial charge in [-0.2, -0.15) is 8.42 Å². The first-order chi connectivity index (χ1) is 17.8. The Morgan fingerprint density at radius 3 is 2.45 bits per heavy atom. The van der Waals surface area contributed by atoms with Crippen molar-refractivity contribution >= 4 is 22.2 Å². The highest BCUT2D eigenvalue weighted by Gasteiger charge is 2.59. The number of aldehydes is 1. The van der Waals surface area contributed by atoms with Crippen LogP contribution in [-0.2, 0) is 19.6 Å². The number of aliphatic hydroxyl groups is 2. The highest BCUT2D eigenvalue weighted by molar-refractivity contribution is 7.85. The number of aromatic amines is 1. The molecule has 1 fully saturated rings. The van der Waals surface area contributed by atoms with Crippen molar-refractivity contribution in [3.05, 3.63) is 52.1 Å². The van der Waals surface area contributed by atoms with Crippen molar-refractivity contribution in [3.8, 4) is 0 Å². The summed E-state index contributed by atoms with van der Waals surface area (Å²) in [5.41, 5.74) is 0.124. The van der Waals surface area contributed by atoms with Crippen LogP contribution in [0.25, 0.3) is 0 Å². The van der Waals surface area contributed by atoms with E-state index in [2.05, 4.69) is 15.3 Å². The summed E-state index contributed by atoms with van der Waals surface area (Å²) in [4.78, 5) is 28.0. The SMILES string of the molecule is CCCC(CCC=O)CNc1[nH]c(=O)ncc1[C@@H]1O[C@H](CO)[C@@H](O)C1(F)F.Cc1ccc(S(=O)(=O)O)cc1. The quantitative estimate of drug-likeness (QED) is 0.202. The van der Waals surface area contributed by atoms with E-state index in [-0.39, 0.29) is 22.2 Å². The lowest BCUT2D eigenvalue weighted by Gasteiger charge is -2.23. The van der Waals surface area contributed by atoms with Crippen molar-refractivity contribution < 1.29 is 41.5 Å². The molecular formula is C24H33F2N3O8S.